The fourth-order valence-electron chi connectivity index (χ4n) is 3.04. The third-order valence-corrected chi connectivity index (χ3v) is 7.71. The van der Waals surface area contributed by atoms with E-state index in [2.05, 4.69) is 54.5 Å². The maximum Gasteiger partial charge on any atom is 0.348 e. The summed E-state index contributed by atoms with van der Waals surface area (Å²) < 4.78 is 37.4. The van der Waals surface area contributed by atoms with Gasteiger partial charge in [-0.1, -0.05) is 41.4 Å². The summed E-state index contributed by atoms with van der Waals surface area (Å²) in [7, 11) is 0. The summed E-state index contributed by atoms with van der Waals surface area (Å²) in [6.07, 6.45) is 0.0111. The quantitative estimate of drug-likeness (QED) is 0.114. The molecule has 11 heteroatoms. The molecule has 1 aliphatic rings. The van der Waals surface area contributed by atoms with E-state index in [1.165, 1.54) is 38.1 Å². The van der Waals surface area contributed by atoms with Crippen LogP contribution in [0.25, 0.3) is 0 Å². The zero-order valence-corrected chi connectivity index (χ0v) is 26.4. The highest BCUT2D eigenvalue weighted by atomic mass is 127. The van der Waals surface area contributed by atoms with Crippen molar-refractivity contribution in [3.63, 3.8) is 0 Å². The van der Waals surface area contributed by atoms with E-state index in [4.69, 9.17) is 14.6 Å². The van der Waals surface area contributed by atoms with E-state index in [0.717, 1.165) is 13.6 Å². The molecule has 2 aromatic carbocycles. The number of ether oxygens (including phenoxy) is 2. The van der Waals surface area contributed by atoms with Gasteiger partial charge in [-0.05, 0) is 88.3 Å². The van der Waals surface area contributed by atoms with Crippen LogP contribution < -0.4 is 0 Å². The highest BCUT2D eigenvalue weighted by molar-refractivity contribution is 14.1. The molecular formula is C26H27Br2F2IO6. The van der Waals surface area contributed by atoms with Crippen molar-refractivity contribution in [1.82, 2.24) is 0 Å². The minimum absolute atomic E-state index is 0.000625. The summed E-state index contributed by atoms with van der Waals surface area (Å²) in [6.45, 7) is 10.00. The average molecular weight is 760 g/mol. The molecule has 0 amide bonds. The summed E-state index contributed by atoms with van der Waals surface area (Å²) in [5.74, 6) is -3.77. The van der Waals surface area contributed by atoms with Gasteiger partial charge in [-0.3, -0.25) is 4.79 Å². The molecule has 0 atom stereocenters. The molecule has 1 N–H and O–H groups in total. The van der Waals surface area contributed by atoms with Gasteiger partial charge >= 0.3 is 17.9 Å². The lowest BCUT2D eigenvalue weighted by molar-refractivity contribution is -0.222. The van der Waals surface area contributed by atoms with E-state index >= 15 is 0 Å². The predicted octanol–water partition coefficient (Wildman–Crippen LogP) is 7.69. The summed E-state index contributed by atoms with van der Waals surface area (Å²) in [6, 6.07) is 8.90. The SMILES string of the molecule is CC(C)(CC(=O)O)c1ccc(F)cc1Br.CC(C)=C1C(=O)OC(C)(C)OC1=O.Fc1ccc(I)c(Br)c1. The summed E-state index contributed by atoms with van der Waals surface area (Å²) in [5, 5.41) is 8.77. The molecule has 6 nitrogen and oxygen atoms in total. The van der Waals surface area contributed by atoms with E-state index in [1.807, 2.05) is 13.8 Å². The fraction of sp³-hybridized carbons (Fsp3) is 0.346. The highest BCUT2D eigenvalue weighted by Gasteiger charge is 2.39. The van der Waals surface area contributed by atoms with Crippen LogP contribution in [0.2, 0.25) is 0 Å². The number of allylic oxidation sites excluding steroid dienone is 1. The number of halogens is 5. The van der Waals surface area contributed by atoms with Crippen molar-refractivity contribution in [2.45, 2.75) is 59.2 Å². The number of carboxylic acids is 1. The molecule has 0 spiro atoms. The maximum absolute atomic E-state index is 12.9. The van der Waals surface area contributed by atoms with Gasteiger partial charge in [0.15, 0.2) is 0 Å². The normalized spacial score (nSPS) is 14.3. The Morgan fingerprint density at radius 2 is 1.43 bits per heavy atom. The van der Waals surface area contributed by atoms with Crippen LogP contribution in [-0.4, -0.2) is 28.8 Å². The molecule has 202 valence electrons. The first kappa shape index (κ1) is 33.2. The molecule has 0 aromatic heterocycles. The minimum Gasteiger partial charge on any atom is -0.481 e. The number of aliphatic carboxylic acids is 1. The molecule has 0 aliphatic carbocycles. The maximum atomic E-state index is 12.9. The van der Waals surface area contributed by atoms with Gasteiger partial charge in [-0.25, -0.2) is 18.4 Å². The topological polar surface area (TPSA) is 89.9 Å². The van der Waals surface area contributed by atoms with E-state index in [9.17, 15) is 23.2 Å². The lowest BCUT2D eigenvalue weighted by Gasteiger charge is -2.30. The predicted molar refractivity (Wildman–Crippen MR) is 151 cm³/mol. The molecule has 1 saturated heterocycles. The first-order chi connectivity index (χ1) is 16.9. The average Bonchev–Trinajstić information content (AvgIpc) is 2.69. The van der Waals surface area contributed by atoms with Crippen LogP contribution in [-0.2, 0) is 29.3 Å². The minimum atomic E-state index is -1.15. The van der Waals surface area contributed by atoms with Gasteiger partial charge in [-0.2, -0.15) is 0 Å². The first-order valence-electron chi connectivity index (χ1n) is 10.8. The van der Waals surface area contributed by atoms with Crippen LogP contribution >= 0.6 is 54.5 Å². The second-order valence-corrected chi connectivity index (χ2v) is 12.1. The number of rotatable bonds is 3. The van der Waals surface area contributed by atoms with Crippen LogP contribution in [0.3, 0.4) is 0 Å². The summed E-state index contributed by atoms with van der Waals surface area (Å²) in [5.41, 5.74) is 0.884. The van der Waals surface area contributed by atoms with Gasteiger partial charge in [0, 0.05) is 31.8 Å². The number of carbonyl (C=O) groups is 3. The zero-order chi connectivity index (χ0) is 28.7. The lowest BCUT2D eigenvalue weighted by atomic mass is 9.82. The van der Waals surface area contributed by atoms with Crippen LogP contribution in [0.4, 0.5) is 8.78 Å². The Kier molecular flexibility index (Phi) is 12.4. The number of hydrogen-bond donors (Lipinski definition) is 1. The largest absolute Gasteiger partial charge is 0.481 e. The zero-order valence-electron chi connectivity index (χ0n) is 21.0. The van der Waals surface area contributed by atoms with Crippen molar-refractivity contribution in [2.24, 2.45) is 0 Å². The van der Waals surface area contributed by atoms with Crippen molar-refractivity contribution in [2.75, 3.05) is 0 Å². The number of benzene rings is 2. The summed E-state index contributed by atoms with van der Waals surface area (Å²) >= 11 is 8.57. The Morgan fingerprint density at radius 1 is 0.973 bits per heavy atom. The fourth-order valence-corrected chi connectivity index (χ4v) is 4.62. The third-order valence-electron chi connectivity index (χ3n) is 4.72. The first-order valence-corrected chi connectivity index (χ1v) is 13.4. The van der Waals surface area contributed by atoms with Crippen molar-refractivity contribution in [1.29, 1.82) is 0 Å². The molecular weight excluding hydrogens is 733 g/mol. The Labute approximate surface area is 245 Å². The Bertz CT molecular complexity index is 1190. The summed E-state index contributed by atoms with van der Waals surface area (Å²) in [4.78, 5) is 33.2. The number of carboxylic acid groups (broad SMARTS) is 1. The van der Waals surface area contributed by atoms with Gasteiger partial charge in [0.1, 0.15) is 17.2 Å². The van der Waals surface area contributed by atoms with Crippen molar-refractivity contribution in [3.05, 3.63) is 77.3 Å². The monoisotopic (exact) mass is 758 g/mol. The lowest BCUT2D eigenvalue weighted by Crippen LogP contribution is -2.42. The second kappa shape index (κ2) is 13.8. The Morgan fingerprint density at radius 3 is 1.81 bits per heavy atom. The van der Waals surface area contributed by atoms with E-state index < -0.39 is 29.1 Å². The van der Waals surface area contributed by atoms with E-state index in [-0.39, 0.29) is 23.6 Å². The molecule has 3 rings (SSSR count). The Balaban J connectivity index is 0.000000286. The van der Waals surface area contributed by atoms with Crippen LogP contribution in [0.15, 0.2) is 56.5 Å². The molecule has 0 radical (unpaired) electrons. The molecule has 1 fully saturated rings. The molecule has 0 saturated carbocycles. The van der Waals surface area contributed by atoms with Gasteiger partial charge in [0.2, 0.25) is 0 Å². The number of esters is 2. The molecule has 0 bridgehead atoms. The number of carbonyl (C=O) groups excluding carboxylic acids is 2. The third kappa shape index (κ3) is 10.8. The molecule has 37 heavy (non-hydrogen) atoms. The van der Waals surface area contributed by atoms with Crippen molar-refractivity contribution in [3.8, 4) is 0 Å². The van der Waals surface area contributed by atoms with Gasteiger partial charge in [0.05, 0.1) is 6.42 Å². The number of cyclic esters (lactones) is 2. The van der Waals surface area contributed by atoms with Gasteiger partial charge in [0.25, 0.3) is 5.79 Å². The van der Waals surface area contributed by atoms with E-state index in [0.29, 0.717) is 10.0 Å². The van der Waals surface area contributed by atoms with Gasteiger partial charge < -0.3 is 14.6 Å². The standard InChI is InChI=1S/C11H12BrFO2.C9H12O4.C6H3BrFI/c1-11(2,6-10(14)15)8-4-3-7(13)5-9(8)12;1-5(2)6-7(10)12-9(3,4)13-8(6)11;7-5-3-4(8)1-2-6(5)9/h3-5H,6H2,1-2H3,(H,14,15);1-4H3;1-3H. The van der Waals surface area contributed by atoms with Crippen LogP contribution in [0.5, 0.6) is 0 Å². The van der Waals surface area contributed by atoms with E-state index in [1.54, 1.807) is 26.0 Å². The second-order valence-electron chi connectivity index (χ2n) is 9.19. The molecule has 0 unspecified atom stereocenters. The molecule has 2 aromatic rings. The van der Waals surface area contributed by atoms with Crippen molar-refractivity contribution < 1.29 is 37.7 Å². The van der Waals surface area contributed by atoms with Crippen LogP contribution in [0, 0.1) is 15.2 Å². The molecule has 1 heterocycles. The smallest absolute Gasteiger partial charge is 0.348 e. The van der Waals surface area contributed by atoms with Crippen molar-refractivity contribution >= 4 is 72.4 Å². The van der Waals surface area contributed by atoms with Crippen LogP contribution in [0.1, 0.15) is 53.5 Å². The van der Waals surface area contributed by atoms with Gasteiger partial charge in [-0.15, -0.1) is 0 Å². The molecule has 1 aliphatic heterocycles. The number of hydrogen-bond acceptors (Lipinski definition) is 5. The highest BCUT2D eigenvalue weighted by Crippen LogP contribution is 2.33. The Hall–Kier alpha value is -1.86.